The zero-order valence-corrected chi connectivity index (χ0v) is 16.0. The lowest BCUT2D eigenvalue weighted by Gasteiger charge is -2.28. The minimum Gasteiger partial charge on any atom is -0.405 e. The van der Waals surface area contributed by atoms with Crippen LogP contribution in [0.2, 0.25) is 0 Å². The summed E-state index contributed by atoms with van der Waals surface area (Å²) in [5.41, 5.74) is 6.92. The standard InChI is InChI=1S/C18H29N3O.C2H5N/c1-15(2)16-6-4-7-17(14-16)18(19)20(3)8-5-9-21-10-12-22-13-11-21;1-2-3/h4,6-7,14-15,19H,5,8-13H2,1-3H3;2H,1,3H2. The van der Waals surface area contributed by atoms with Gasteiger partial charge < -0.3 is 15.4 Å². The summed E-state index contributed by atoms with van der Waals surface area (Å²) in [6, 6.07) is 8.37. The van der Waals surface area contributed by atoms with E-state index in [0.29, 0.717) is 11.8 Å². The van der Waals surface area contributed by atoms with E-state index in [1.807, 2.05) is 13.1 Å². The molecular formula is C20H34N4O. The average Bonchev–Trinajstić information content (AvgIpc) is 2.62. The second kappa shape index (κ2) is 11.7. The van der Waals surface area contributed by atoms with Crippen LogP contribution in [0.25, 0.3) is 0 Å². The summed E-state index contributed by atoms with van der Waals surface area (Å²) in [5, 5.41) is 8.39. The molecule has 0 aromatic heterocycles. The van der Waals surface area contributed by atoms with Crippen LogP contribution in [0.4, 0.5) is 0 Å². The van der Waals surface area contributed by atoms with Crippen LogP contribution in [0, 0.1) is 5.41 Å². The fourth-order valence-corrected chi connectivity index (χ4v) is 2.73. The Labute approximate surface area is 153 Å². The van der Waals surface area contributed by atoms with Gasteiger partial charge in [0.05, 0.1) is 13.2 Å². The Morgan fingerprint density at radius 2 is 2.04 bits per heavy atom. The Balaban J connectivity index is 0.000000970. The van der Waals surface area contributed by atoms with E-state index in [1.165, 1.54) is 11.8 Å². The Bertz CT molecular complexity index is 524. The van der Waals surface area contributed by atoms with Crippen molar-refractivity contribution in [1.82, 2.24) is 9.80 Å². The fourth-order valence-electron chi connectivity index (χ4n) is 2.73. The maximum absolute atomic E-state index is 8.39. The highest BCUT2D eigenvalue weighted by Crippen LogP contribution is 2.16. The predicted octanol–water partition coefficient (Wildman–Crippen LogP) is 2.88. The van der Waals surface area contributed by atoms with Gasteiger partial charge in [0.15, 0.2) is 0 Å². The van der Waals surface area contributed by atoms with Gasteiger partial charge in [0.2, 0.25) is 0 Å². The van der Waals surface area contributed by atoms with Crippen LogP contribution < -0.4 is 5.73 Å². The second-order valence-electron chi connectivity index (χ2n) is 6.59. The molecule has 1 aromatic rings. The van der Waals surface area contributed by atoms with E-state index >= 15 is 0 Å². The first-order valence-corrected chi connectivity index (χ1v) is 9.02. The summed E-state index contributed by atoms with van der Waals surface area (Å²) in [5.74, 6) is 1.11. The Hall–Kier alpha value is -1.85. The van der Waals surface area contributed by atoms with Gasteiger partial charge >= 0.3 is 0 Å². The first-order chi connectivity index (χ1) is 12.0. The molecule has 1 saturated heterocycles. The molecule has 0 unspecified atom stereocenters. The fraction of sp³-hybridized carbons (Fsp3) is 0.550. The van der Waals surface area contributed by atoms with Crippen LogP contribution >= 0.6 is 0 Å². The largest absolute Gasteiger partial charge is 0.405 e. The number of nitrogens with zero attached hydrogens (tertiary/aromatic N) is 2. The highest BCUT2D eigenvalue weighted by molar-refractivity contribution is 5.96. The lowest BCUT2D eigenvalue weighted by Crippen LogP contribution is -2.38. The van der Waals surface area contributed by atoms with Crippen LogP contribution in [-0.2, 0) is 4.74 Å². The first kappa shape index (κ1) is 21.2. The predicted molar refractivity (Wildman–Crippen MR) is 106 cm³/mol. The third-order valence-electron chi connectivity index (χ3n) is 4.28. The van der Waals surface area contributed by atoms with Crippen molar-refractivity contribution < 1.29 is 4.74 Å². The van der Waals surface area contributed by atoms with Gasteiger partial charge in [-0.15, -0.1) is 0 Å². The molecule has 140 valence electrons. The number of hydrogen-bond donors (Lipinski definition) is 2. The molecular weight excluding hydrogens is 312 g/mol. The molecule has 5 heteroatoms. The molecule has 2 rings (SSSR count). The topological polar surface area (TPSA) is 65.6 Å². The molecule has 25 heavy (non-hydrogen) atoms. The van der Waals surface area contributed by atoms with E-state index in [9.17, 15) is 0 Å². The zero-order chi connectivity index (χ0) is 18.7. The van der Waals surface area contributed by atoms with Crippen LogP contribution in [0.15, 0.2) is 37.0 Å². The van der Waals surface area contributed by atoms with Gasteiger partial charge in [0.25, 0.3) is 0 Å². The van der Waals surface area contributed by atoms with E-state index in [1.54, 1.807) is 0 Å². The molecule has 0 spiro atoms. The lowest BCUT2D eigenvalue weighted by molar-refractivity contribution is 0.0369. The highest BCUT2D eigenvalue weighted by Gasteiger charge is 2.12. The van der Waals surface area contributed by atoms with E-state index in [-0.39, 0.29) is 0 Å². The van der Waals surface area contributed by atoms with E-state index in [0.717, 1.165) is 51.4 Å². The Kier molecular flexibility index (Phi) is 9.88. The maximum atomic E-state index is 8.39. The van der Waals surface area contributed by atoms with E-state index in [2.05, 4.69) is 54.2 Å². The van der Waals surface area contributed by atoms with Crippen LogP contribution in [0.1, 0.15) is 37.3 Å². The molecule has 0 radical (unpaired) electrons. The Morgan fingerprint density at radius 1 is 1.40 bits per heavy atom. The molecule has 0 amide bonds. The van der Waals surface area contributed by atoms with Crippen LogP contribution in [0.3, 0.4) is 0 Å². The molecule has 0 atom stereocenters. The van der Waals surface area contributed by atoms with E-state index < -0.39 is 0 Å². The van der Waals surface area contributed by atoms with Crippen molar-refractivity contribution in [3.8, 4) is 0 Å². The van der Waals surface area contributed by atoms with Gasteiger partial charge in [-0.3, -0.25) is 10.3 Å². The number of ether oxygens (including phenoxy) is 1. The molecule has 3 N–H and O–H groups in total. The summed E-state index contributed by atoms with van der Waals surface area (Å²) in [7, 11) is 2.02. The summed E-state index contributed by atoms with van der Waals surface area (Å²) >= 11 is 0. The summed E-state index contributed by atoms with van der Waals surface area (Å²) < 4.78 is 5.37. The van der Waals surface area contributed by atoms with Crippen molar-refractivity contribution in [3.05, 3.63) is 48.2 Å². The van der Waals surface area contributed by atoms with Crippen molar-refractivity contribution in [2.45, 2.75) is 26.2 Å². The lowest BCUT2D eigenvalue weighted by atomic mass is 10.0. The summed E-state index contributed by atoms with van der Waals surface area (Å²) in [6.07, 6.45) is 2.34. The Morgan fingerprint density at radius 3 is 2.64 bits per heavy atom. The third kappa shape index (κ3) is 7.71. The summed E-state index contributed by atoms with van der Waals surface area (Å²) in [6.45, 7) is 13.3. The average molecular weight is 347 g/mol. The molecule has 0 aliphatic carbocycles. The quantitative estimate of drug-likeness (QED) is 0.614. The van der Waals surface area contributed by atoms with E-state index in [4.69, 9.17) is 10.1 Å². The number of amidine groups is 1. The zero-order valence-electron chi connectivity index (χ0n) is 16.0. The van der Waals surface area contributed by atoms with Gasteiger partial charge in [-0.25, -0.2) is 0 Å². The van der Waals surface area contributed by atoms with Crippen molar-refractivity contribution in [3.63, 3.8) is 0 Å². The number of nitrogens with two attached hydrogens (primary N) is 1. The molecule has 5 nitrogen and oxygen atoms in total. The van der Waals surface area contributed by atoms with Gasteiger partial charge in [0.1, 0.15) is 5.84 Å². The minimum atomic E-state index is 0.499. The number of benzene rings is 1. The number of nitrogens with one attached hydrogen (secondary N) is 1. The normalized spacial score (nSPS) is 14.6. The van der Waals surface area contributed by atoms with Crippen LogP contribution in [-0.4, -0.2) is 62.1 Å². The molecule has 0 saturated carbocycles. The number of rotatable bonds is 6. The van der Waals surface area contributed by atoms with Crippen molar-refractivity contribution >= 4 is 5.84 Å². The monoisotopic (exact) mass is 346 g/mol. The van der Waals surface area contributed by atoms with Crippen molar-refractivity contribution in [2.24, 2.45) is 5.73 Å². The maximum Gasteiger partial charge on any atom is 0.127 e. The van der Waals surface area contributed by atoms with Crippen molar-refractivity contribution in [1.29, 1.82) is 5.41 Å². The molecule has 1 heterocycles. The highest BCUT2D eigenvalue weighted by atomic mass is 16.5. The van der Waals surface area contributed by atoms with Crippen LogP contribution in [0.5, 0.6) is 0 Å². The molecule has 0 bridgehead atoms. The van der Waals surface area contributed by atoms with Gasteiger partial charge in [-0.05, 0) is 30.2 Å². The summed E-state index contributed by atoms with van der Waals surface area (Å²) in [4.78, 5) is 4.50. The van der Waals surface area contributed by atoms with Gasteiger partial charge in [-0.2, -0.15) is 0 Å². The molecule has 1 fully saturated rings. The third-order valence-corrected chi connectivity index (χ3v) is 4.28. The van der Waals surface area contributed by atoms with Crippen molar-refractivity contribution in [2.75, 3.05) is 46.4 Å². The smallest absolute Gasteiger partial charge is 0.127 e. The van der Waals surface area contributed by atoms with Gasteiger partial charge in [0, 0.05) is 38.8 Å². The second-order valence-corrected chi connectivity index (χ2v) is 6.59. The molecule has 1 aliphatic rings. The molecule has 1 aromatic carbocycles. The minimum absolute atomic E-state index is 0.499. The SMILES string of the molecule is C=CN.CC(C)c1cccc(C(=N)N(C)CCCN2CCOCC2)c1. The van der Waals surface area contributed by atoms with Gasteiger partial charge in [-0.1, -0.05) is 38.6 Å². The number of morpholine rings is 1. The number of hydrogen-bond acceptors (Lipinski definition) is 4. The first-order valence-electron chi connectivity index (χ1n) is 9.02. The molecule has 1 aliphatic heterocycles.